The normalized spacial score (nSPS) is 16.8. The average molecular weight is 464 g/mol. The first-order chi connectivity index (χ1) is 14.1. The molecule has 0 spiro atoms. The van der Waals surface area contributed by atoms with Gasteiger partial charge in [0.1, 0.15) is 11.5 Å². The SMILES string of the molecule is CN1C=C(F)C(OCCc2ccc(Oc3ccc(Cl)c(C(F)(F)F)c3)cn2)=NC1Cl. The molecule has 2 heterocycles. The summed E-state index contributed by atoms with van der Waals surface area (Å²) in [4.78, 5) is 9.43. The minimum atomic E-state index is -4.59. The topological polar surface area (TPSA) is 47.0 Å². The molecule has 0 bridgehead atoms. The Bertz CT molecular complexity index is 965. The van der Waals surface area contributed by atoms with E-state index < -0.39 is 28.2 Å². The van der Waals surface area contributed by atoms with Crippen molar-refractivity contribution in [3.63, 3.8) is 0 Å². The number of aromatic nitrogens is 1. The number of alkyl halides is 4. The van der Waals surface area contributed by atoms with Crippen LogP contribution in [-0.2, 0) is 17.3 Å². The number of aliphatic imine (C=N–C) groups is 1. The standard InChI is InChI=1S/C19H15Cl2F4N3O2/c1-28-10-16(22)17(27-18(28)21)29-7-6-11-2-3-13(9-26-11)30-12-4-5-15(20)14(8-12)19(23,24)25/h2-5,8-10,18H,6-7H2,1H3. The number of halogens is 6. The van der Waals surface area contributed by atoms with E-state index in [9.17, 15) is 17.6 Å². The van der Waals surface area contributed by atoms with E-state index in [4.69, 9.17) is 32.7 Å². The second-order valence-electron chi connectivity index (χ2n) is 6.21. The number of pyridine rings is 1. The van der Waals surface area contributed by atoms with Gasteiger partial charge in [0.2, 0.25) is 17.3 Å². The lowest BCUT2D eigenvalue weighted by atomic mass is 10.2. The van der Waals surface area contributed by atoms with Crippen LogP contribution in [0.3, 0.4) is 0 Å². The predicted molar refractivity (Wildman–Crippen MR) is 104 cm³/mol. The van der Waals surface area contributed by atoms with Crippen LogP contribution in [-0.4, -0.2) is 35.1 Å². The lowest BCUT2D eigenvalue weighted by Crippen LogP contribution is -2.27. The molecule has 30 heavy (non-hydrogen) atoms. The number of benzene rings is 1. The Balaban J connectivity index is 1.57. The molecule has 1 unspecified atom stereocenters. The maximum atomic E-state index is 13.8. The maximum Gasteiger partial charge on any atom is 0.417 e. The first kappa shape index (κ1) is 22.2. The summed E-state index contributed by atoms with van der Waals surface area (Å²) in [6, 6.07) is 6.43. The highest BCUT2D eigenvalue weighted by atomic mass is 35.5. The maximum absolute atomic E-state index is 13.8. The summed E-state index contributed by atoms with van der Waals surface area (Å²) < 4.78 is 63.3. The van der Waals surface area contributed by atoms with Gasteiger partial charge in [0, 0.05) is 25.4 Å². The molecule has 3 rings (SSSR count). The third-order valence-electron chi connectivity index (χ3n) is 3.95. The molecule has 1 aromatic carbocycles. The van der Waals surface area contributed by atoms with Crippen LogP contribution in [0.5, 0.6) is 11.5 Å². The van der Waals surface area contributed by atoms with E-state index in [1.165, 1.54) is 23.4 Å². The number of rotatable bonds is 5. The molecule has 0 amide bonds. The Kier molecular flexibility index (Phi) is 6.72. The fourth-order valence-electron chi connectivity index (χ4n) is 2.44. The minimum Gasteiger partial charge on any atom is -0.475 e. The lowest BCUT2D eigenvalue weighted by molar-refractivity contribution is -0.137. The number of ether oxygens (including phenoxy) is 2. The Morgan fingerprint density at radius 3 is 2.57 bits per heavy atom. The van der Waals surface area contributed by atoms with E-state index in [2.05, 4.69) is 9.98 Å². The van der Waals surface area contributed by atoms with E-state index in [1.807, 2.05) is 0 Å². The van der Waals surface area contributed by atoms with Crippen LogP contribution in [0.1, 0.15) is 11.3 Å². The van der Waals surface area contributed by atoms with Crippen LogP contribution in [0.25, 0.3) is 0 Å². The Hall–Kier alpha value is -2.52. The number of nitrogens with zero attached hydrogens (tertiary/aromatic N) is 3. The zero-order valence-corrected chi connectivity index (χ0v) is 17.0. The summed E-state index contributed by atoms with van der Waals surface area (Å²) in [7, 11) is 1.58. The van der Waals surface area contributed by atoms with Crippen LogP contribution in [0.4, 0.5) is 17.6 Å². The van der Waals surface area contributed by atoms with Crippen molar-refractivity contribution in [2.24, 2.45) is 4.99 Å². The van der Waals surface area contributed by atoms with Crippen molar-refractivity contribution < 1.29 is 27.0 Å². The van der Waals surface area contributed by atoms with Crippen LogP contribution >= 0.6 is 23.2 Å². The Labute approximate surface area is 179 Å². The molecule has 0 saturated heterocycles. The van der Waals surface area contributed by atoms with Gasteiger partial charge in [0.15, 0.2) is 0 Å². The summed E-state index contributed by atoms with van der Waals surface area (Å²) in [5.74, 6) is -0.597. The van der Waals surface area contributed by atoms with E-state index in [0.717, 1.165) is 12.1 Å². The molecular weight excluding hydrogens is 449 g/mol. The fourth-order valence-corrected chi connectivity index (χ4v) is 2.81. The molecule has 11 heteroatoms. The van der Waals surface area contributed by atoms with Gasteiger partial charge < -0.3 is 14.4 Å². The quantitative estimate of drug-likeness (QED) is 0.320. The molecule has 160 valence electrons. The van der Waals surface area contributed by atoms with Crippen LogP contribution in [0.2, 0.25) is 5.02 Å². The van der Waals surface area contributed by atoms with Gasteiger partial charge in [-0.3, -0.25) is 4.98 Å². The predicted octanol–water partition coefficient (Wildman–Crippen LogP) is 5.78. The van der Waals surface area contributed by atoms with Crippen molar-refractivity contribution in [3.8, 4) is 11.5 Å². The Morgan fingerprint density at radius 2 is 1.90 bits per heavy atom. The number of hydrogen-bond donors (Lipinski definition) is 0. The summed E-state index contributed by atoms with van der Waals surface area (Å²) >= 11 is 11.5. The van der Waals surface area contributed by atoms with E-state index in [-0.39, 0.29) is 24.0 Å². The van der Waals surface area contributed by atoms with E-state index in [1.54, 1.807) is 19.2 Å². The summed E-state index contributed by atoms with van der Waals surface area (Å²) in [5, 5.41) is -0.413. The average Bonchev–Trinajstić information content (AvgIpc) is 2.68. The van der Waals surface area contributed by atoms with Gasteiger partial charge >= 0.3 is 6.18 Å². The highest BCUT2D eigenvalue weighted by Crippen LogP contribution is 2.37. The fraction of sp³-hybridized carbons (Fsp3) is 0.263. The van der Waals surface area contributed by atoms with Crippen molar-refractivity contribution in [2.75, 3.05) is 13.7 Å². The first-order valence-electron chi connectivity index (χ1n) is 8.57. The van der Waals surface area contributed by atoms with Gasteiger partial charge in [0.25, 0.3) is 0 Å². The Morgan fingerprint density at radius 1 is 1.17 bits per heavy atom. The van der Waals surface area contributed by atoms with Crippen molar-refractivity contribution in [1.29, 1.82) is 0 Å². The molecule has 5 nitrogen and oxygen atoms in total. The molecule has 1 aliphatic rings. The number of hydrogen-bond acceptors (Lipinski definition) is 5. The van der Waals surface area contributed by atoms with Crippen molar-refractivity contribution in [2.45, 2.75) is 18.2 Å². The van der Waals surface area contributed by atoms with Crippen molar-refractivity contribution >= 4 is 29.1 Å². The van der Waals surface area contributed by atoms with Gasteiger partial charge in [-0.15, -0.1) is 0 Å². The third-order valence-corrected chi connectivity index (χ3v) is 4.69. The minimum absolute atomic E-state index is 0.0252. The second-order valence-corrected chi connectivity index (χ2v) is 7.01. The van der Waals surface area contributed by atoms with Gasteiger partial charge in [-0.1, -0.05) is 23.2 Å². The molecule has 0 N–H and O–H groups in total. The highest BCUT2D eigenvalue weighted by molar-refractivity contribution is 6.31. The molecule has 0 aliphatic carbocycles. The summed E-state index contributed by atoms with van der Waals surface area (Å²) in [5.41, 5.74) is -1.13. The van der Waals surface area contributed by atoms with Gasteiger partial charge in [-0.2, -0.15) is 17.6 Å². The molecule has 0 saturated carbocycles. The summed E-state index contributed by atoms with van der Waals surface area (Å²) in [6.45, 7) is 0.104. The lowest BCUT2D eigenvalue weighted by Gasteiger charge is -2.22. The van der Waals surface area contributed by atoms with Crippen LogP contribution < -0.4 is 4.74 Å². The molecule has 1 atom stereocenters. The molecule has 1 aliphatic heterocycles. The monoisotopic (exact) mass is 463 g/mol. The third kappa shape index (κ3) is 5.54. The highest BCUT2D eigenvalue weighted by Gasteiger charge is 2.33. The van der Waals surface area contributed by atoms with Crippen LogP contribution in [0.15, 0.2) is 53.5 Å². The molecule has 0 fully saturated rings. The van der Waals surface area contributed by atoms with Gasteiger partial charge in [0.05, 0.1) is 23.4 Å². The van der Waals surface area contributed by atoms with E-state index in [0.29, 0.717) is 12.1 Å². The molecular formula is C19H15Cl2F4N3O2. The first-order valence-corrected chi connectivity index (χ1v) is 9.39. The van der Waals surface area contributed by atoms with Crippen molar-refractivity contribution in [3.05, 3.63) is 64.8 Å². The zero-order chi connectivity index (χ0) is 21.9. The van der Waals surface area contributed by atoms with Gasteiger partial charge in [-0.05, 0) is 30.3 Å². The smallest absolute Gasteiger partial charge is 0.417 e. The molecule has 2 aromatic rings. The zero-order valence-electron chi connectivity index (χ0n) is 15.5. The summed E-state index contributed by atoms with van der Waals surface area (Å²) in [6.07, 6.45) is -1.70. The molecule has 1 aromatic heterocycles. The van der Waals surface area contributed by atoms with Gasteiger partial charge in [-0.25, -0.2) is 4.99 Å². The van der Waals surface area contributed by atoms with E-state index >= 15 is 0 Å². The second kappa shape index (κ2) is 9.09. The van der Waals surface area contributed by atoms with Crippen LogP contribution in [0, 0.1) is 0 Å². The largest absolute Gasteiger partial charge is 0.475 e. The van der Waals surface area contributed by atoms with Crippen molar-refractivity contribution in [1.82, 2.24) is 9.88 Å². The molecule has 0 radical (unpaired) electrons.